The highest BCUT2D eigenvalue weighted by Crippen LogP contribution is 2.35. The lowest BCUT2D eigenvalue weighted by Gasteiger charge is -2.39. The van der Waals surface area contributed by atoms with Gasteiger partial charge < -0.3 is 11.1 Å². The Labute approximate surface area is 115 Å². The molecule has 1 unspecified atom stereocenters. The molecule has 2 rings (SSSR count). The Bertz CT molecular complexity index is 459. The molecular formula is C16H24N2O. The van der Waals surface area contributed by atoms with E-state index in [1.165, 1.54) is 19.3 Å². The van der Waals surface area contributed by atoms with Crippen molar-refractivity contribution in [3.63, 3.8) is 0 Å². The minimum Gasteiger partial charge on any atom is -0.398 e. The van der Waals surface area contributed by atoms with Crippen LogP contribution in [0.1, 0.15) is 55.5 Å². The van der Waals surface area contributed by atoms with Gasteiger partial charge in [0.1, 0.15) is 0 Å². The molecule has 1 aliphatic carbocycles. The van der Waals surface area contributed by atoms with E-state index in [2.05, 4.69) is 19.2 Å². The number of benzene rings is 1. The summed E-state index contributed by atoms with van der Waals surface area (Å²) in [6, 6.07) is 5.84. The topological polar surface area (TPSA) is 55.1 Å². The number of hydrogen-bond acceptors (Lipinski definition) is 2. The Morgan fingerprint density at radius 1 is 1.37 bits per heavy atom. The molecule has 3 N–H and O–H groups in total. The highest BCUT2D eigenvalue weighted by molar-refractivity contribution is 6.00. The maximum absolute atomic E-state index is 12.5. The Morgan fingerprint density at radius 3 is 2.74 bits per heavy atom. The fourth-order valence-corrected chi connectivity index (χ4v) is 2.99. The van der Waals surface area contributed by atoms with E-state index >= 15 is 0 Å². The lowest BCUT2D eigenvalue weighted by molar-refractivity contribution is 0.0854. The summed E-state index contributed by atoms with van der Waals surface area (Å²) >= 11 is 0. The minimum absolute atomic E-state index is 0.0319. The SMILES string of the molecule is Cc1cccc(N)c1C(=O)NC1CCCCC1(C)C. The highest BCUT2D eigenvalue weighted by atomic mass is 16.1. The molecule has 0 saturated heterocycles. The van der Waals surface area contributed by atoms with Crippen molar-refractivity contribution in [2.24, 2.45) is 5.41 Å². The summed E-state index contributed by atoms with van der Waals surface area (Å²) < 4.78 is 0. The first-order valence-electron chi connectivity index (χ1n) is 7.08. The summed E-state index contributed by atoms with van der Waals surface area (Å²) in [5, 5.41) is 3.19. The van der Waals surface area contributed by atoms with Gasteiger partial charge in [-0.3, -0.25) is 4.79 Å². The van der Waals surface area contributed by atoms with Crippen molar-refractivity contribution < 1.29 is 4.79 Å². The van der Waals surface area contributed by atoms with Crippen LogP contribution in [0.25, 0.3) is 0 Å². The van der Waals surface area contributed by atoms with Crippen molar-refractivity contribution >= 4 is 11.6 Å². The van der Waals surface area contributed by atoms with Crippen LogP contribution < -0.4 is 11.1 Å². The molecule has 3 heteroatoms. The third-order valence-corrected chi connectivity index (χ3v) is 4.34. The monoisotopic (exact) mass is 260 g/mol. The van der Waals surface area contributed by atoms with Gasteiger partial charge in [0, 0.05) is 11.7 Å². The second-order valence-electron chi connectivity index (χ2n) is 6.30. The van der Waals surface area contributed by atoms with Gasteiger partial charge in [0.2, 0.25) is 0 Å². The molecule has 1 amide bonds. The van der Waals surface area contributed by atoms with Crippen molar-refractivity contribution in [3.8, 4) is 0 Å². The van der Waals surface area contributed by atoms with Crippen LogP contribution in [0, 0.1) is 12.3 Å². The van der Waals surface area contributed by atoms with Gasteiger partial charge in [0.25, 0.3) is 5.91 Å². The number of anilines is 1. The van der Waals surface area contributed by atoms with E-state index in [-0.39, 0.29) is 17.4 Å². The summed E-state index contributed by atoms with van der Waals surface area (Å²) in [4.78, 5) is 12.5. The average Bonchev–Trinajstić information content (AvgIpc) is 2.31. The maximum atomic E-state index is 12.5. The predicted octanol–water partition coefficient (Wildman–Crippen LogP) is 3.28. The molecule has 104 valence electrons. The number of hydrogen-bond donors (Lipinski definition) is 2. The van der Waals surface area contributed by atoms with E-state index in [0.29, 0.717) is 11.3 Å². The molecule has 1 atom stereocenters. The van der Waals surface area contributed by atoms with E-state index in [4.69, 9.17) is 5.73 Å². The maximum Gasteiger partial charge on any atom is 0.253 e. The predicted molar refractivity (Wildman–Crippen MR) is 79.1 cm³/mol. The zero-order chi connectivity index (χ0) is 14.0. The summed E-state index contributed by atoms with van der Waals surface area (Å²) in [5.41, 5.74) is 8.23. The summed E-state index contributed by atoms with van der Waals surface area (Å²) in [6.45, 7) is 6.40. The van der Waals surface area contributed by atoms with E-state index in [0.717, 1.165) is 12.0 Å². The van der Waals surface area contributed by atoms with Crippen molar-refractivity contribution in [2.75, 3.05) is 5.73 Å². The van der Waals surface area contributed by atoms with Crippen molar-refractivity contribution in [1.29, 1.82) is 0 Å². The Morgan fingerprint density at radius 2 is 2.11 bits per heavy atom. The lowest BCUT2D eigenvalue weighted by atomic mass is 9.73. The first-order valence-corrected chi connectivity index (χ1v) is 7.08. The second kappa shape index (κ2) is 5.24. The molecule has 0 bridgehead atoms. The Kier molecular flexibility index (Phi) is 3.83. The third kappa shape index (κ3) is 2.91. The molecule has 1 aromatic rings. The first kappa shape index (κ1) is 13.9. The van der Waals surface area contributed by atoms with Gasteiger partial charge in [0.15, 0.2) is 0 Å². The van der Waals surface area contributed by atoms with Crippen LogP contribution in [0.4, 0.5) is 5.69 Å². The standard InChI is InChI=1S/C16H24N2O/c1-11-7-6-8-12(17)14(11)15(19)18-13-9-4-5-10-16(13,2)3/h6-8,13H,4-5,9-10,17H2,1-3H3,(H,18,19). The van der Waals surface area contributed by atoms with Gasteiger partial charge in [0.05, 0.1) is 5.56 Å². The van der Waals surface area contributed by atoms with Crippen LogP contribution in [0.3, 0.4) is 0 Å². The Hall–Kier alpha value is -1.51. The number of rotatable bonds is 2. The van der Waals surface area contributed by atoms with Gasteiger partial charge in [-0.2, -0.15) is 0 Å². The number of carbonyl (C=O) groups excluding carboxylic acids is 1. The molecule has 1 fully saturated rings. The lowest BCUT2D eigenvalue weighted by Crippen LogP contribution is -2.47. The van der Waals surface area contributed by atoms with Crippen LogP contribution in [0.5, 0.6) is 0 Å². The van der Waals surface area contributed by atoms with Crippen molar-refractivity contribution in [3.05, 3.63) is 29.3 Å². The number of amides is 1. The minimum atomic E-state index is -0.0319. The summed E-state index contributed by atoms with van der Waals surface area (Å²) in [6.07, 6.45) is 4.68. The molecule has 3 nitrogen and oxygen atoms in total. The van der Waals surface area contributed by atoms with Crippen LogP contribution in [-0.2, 0) is 0 Å². The van der Waals surface area contributed by atoms with Crippen LogP contribution in [0.2, 0.25) is 0 Å². The van der Waals surface area contributed by atoms with E-state index in [1.807, 2.05) is 19.1 Å². The Balaban J connectivity index is 2.17. The van der Waals surface area contributed by atoms with Gasteiger partial charge in [-0.15, -0.1) is 0 Å². The smallest absolute Gasteiger partial charge is 0.253 e. The largest absolute Gasteiger partial charge is 0.398 e. The van der Waals surface area contributed by atoms with Crippen LogP contribution in [-0.4, -0.2) is 11.9 Å². The van der Waals surface area contributed by atoms with Gasteiger partial charge >= 0.3 is 0 Å². The van der Waals surface area contributed by atoms with Gasteiger partial charge in [-0.25, -0.2) is 0 Å². The average molecular weight is 260 g/mol. The molecule has 0 spiro atoms. The molecule has 1 aliphatic rings. The number of aryl methyl sites for hydroxylation is 1. The molecule has 0 radical (unpaired) electrons. The van der Waals surface area contributed by atoms with Crippen LogP contribution >= 0.6 is 0 Å². The van der Waals surface area contributed by atoms with Crippen LogP contribution in [0.15, 0.2) is 18.2 Å². The number of carbonyl (C=O) groups is 1. The van der Waals surface area contributed by atoms with Crippen molar-refractivity contribution in [2.45, 2.75) is 52.5 Å². The molecule has 1 aromatic carbocycles. The van der Waals surface area contributed by atoms with E-state index < -0.39 is 0 Å². The molecule has 19 heavy (non-hydrogen) atoms. The number of nitrogens with two attached hydrogens (primary N) is 1. The third-order valence-electron chi connectivity index (χ3n) is 4.34. The normalized spacial score (nSPS) is 21.9. The summed E-state index contributed by atoms with van der Waals surface area (Å²) in [5.74, 6) is -0.0319. The highest BCUT2D eigenvalue weighted by Gasteiger charge is 2.33. The second-order valence-corrected chi connectivity index (χ2v) is 6.30. The fraction of sp³-hybridized carbons (Fsp3) is 0.562. The quantitative estimate of drug-likeness (QED) is 0.802. The number of nitrogens with one attached hydrogen (secondary N) is 1. The molecule has 0 aliphatic heterocycles. The summed E-state index contributed by atoms with van der Waals surface area (Å²) in [7, 11) is 0. The van der Waals surface area contributed by atoms with Gasteiger partial charge in [-0.1, -0.05) is 38.8 Å². The van der Waals surface area contributed by atoms with Crippen molar-refractivity contribution in [1.82, 2.24) is 5.32 Å². The fourth-order valence-electron chi connectivity index (χ4n) is 2.99. The number of nitrogen functional groups attached to an aromatic ring is 1. The molecular weight excluding hydrogens is 236 g/mol. The molecule has 0 heterocycles. The van der Waals surface area contributed by atoms with E-state index in [1.54, 1.807) is 6.07 Å². The zero-order valence-corrected chi connectivity index (χ0v) is 12.1. The van der Waals surface area contributed by atoms with E-state index in [9.17, 15) is 4.79 Å². The first-order chi connectivity index (χ1) is 8.92. The molecule has 0 aromatic heterocycles. The molecule has 1 saturated carbocycles. The zero-order valence-electron chi connectivity index (χ0n) is 12.1. The van der Waals surface area contributed by atoms with Gasteiger partial charge in [-0.05, 0) is 36.8 Å².